The molecular formula is C25H33N5O4. The van der Waals surface area contributed by atoms with E-state index in [9.17, 15) is 4.79 Å². The third kappa shape index (κ3) is 5.91. The number of carbonyl (C=O) groups excluding carboxylic acids is 1. The molecule has 3 aromatic rings. The molecule has 0 spiro atoms. The summed E-state index contributed by atoms with van der Waals surface area (Å²) < 4.78 is 11.5. The van der Waals surface area contributed by atoms with Gasteiger partial charge in [-0.05, 0) is 69.5 Å². The lowest BCUT2D eigenvalue weighted by molar-refractivity contribution is -0.123. The van der Waals surface area contributed by atoms with Gasteiger partial charge in [-0.2, -0.15) is 4.98 Å². The van der Waals surface area contributed by atoms with Gasteiger partial charge < -0.3 is 24.6 Å². The standard InChI is InChI=1S/C25H33N5O4/c1-6-18-13-19(11-16(4)23(18)33-10-9-26-22(32)15-31)24-28-25(34-29-24)20-12-17(5)27-21(14-20)30(7-2)8-3/h11-14,31H,6-10,15H2,1-5H3,(H,26,32). The number of carbonyl (C=O) groups is 1. The Bertz CT molecular complexity index is 1120. The first-order chi connectivity index (χ1) is 16.4. The lowest BCUT2D eigenvalue weighted by atomic mass is 10.0. The molecule has 9 heteroatoms. The number of aryl methyl sites for hydroxylation is 3. The number of pyridine rings is 1. The van der Waals surface area contributed by atoms with Crippen molar-refractivity contribution in [3.63, 3.8) is 0 Å². The van der Waals surface area contributed by atoms with Crippen LogP contribution in [-0.2, 0) is 11.2 Å². The average Bonchev–Trinajstić information content (AvgIpc) is 3.33. The van der Waals surface area contributed by atoms with Crippen LogP contribution in [0.3, 0.4) is 0 Å². The number of amides is 1. The second-order valence-electron chi connectivity index (χ2n) is 7.94. The molecule has 2 N–H and O–H groups in total. The van der Waals surface area contributed by atoms with Gasteiger partial charge in [-0.3, -0.25) is 4.79 Å². The summed E-state index contributed by atoms with van der Waals surface area (Å²) in [4.78, 5) is 22.7. The molecule has 0 bridgehead atoms. The zero-order valence-electron chi connectivity index (χ0n) is 20.5. The summed E-state index contributed by atoms with van der Waals surface area (Å²) in [5.74, 6) is 2.20. The maximum atomic E-state index is 11.2. The monoisotopic (exact) mass is 467 g/mol. The Hall–Kier alpha value is -3.46. The van der Waals surface area contributed by atoms with Crippen LogP contribution in [0.5, 0.6) is 5.75 Å². The van der Waals surface area contributed by atoms with Crippen LogP contribution in [0.2, 0.25) is 0 Å². The van der Waals surface area contributed by atoms with Gasteiger partial charge in [0.15, 0.2) is 0 Å². The normalized spacial score (nSPS) is 10.9. The lowest BCUT2D eigenvalue weighted by Crippen LogP contribution is -2.30. The molecule has 0 radical (unpaired) electrons. The van der Waals surface area contributed by atoms with Crippen LogP contribution in [0.4, 0.5) is 5.82 Å². The van der Waals surface area contributed by atoms with E-state index in [2.05, 4.69) is 46.1 Å². The first-order valence-electron chi connectivity index (χ1n) is 11.6. The highest BCUT2D eigenvalue weighted by Crippen LogP contribution is 2.31. The number of hydrogen-bond acceptors (Lipinski definition) is 8. The Morgan fingerprint density at radius 3 is 2.53 bits per heavy atom. The van der Waals surface area contributed by atoms with Crippen molar-refractivity contribution in [3.8, 4) is 28.6 Å². The molecule has 0 fully saturated rings. The van der Waals surface area contributed by atoms with Crippen LogP contribution >= 0.6 is 0 Å². The van der Waals surface area contributed by atoms with E-state index < -0.39 is 12.5 Å². The fraction of sp³-hybridized carbons (Fsp3) is 0.440. The fourth-order valence-electron chi connectivity index (χ4n) is 3.79. The van der Waals surface area contributed by atoms with Crippen LogP contribution in [0.1, 0.15) is 37.6 Å². The van der Waals surface area contributed by atoms with Crippen LogP contribution in [-0.4, -0.2) is 59.0 Å². The minimum atomic E-state index is -0.531. The molecule has 34 heavy (non-hydrogen) atoms. The highest BCUT2D eigenvalue weighted by atomic mass is 16.5. The van der Waals surface area contributed by atoms with Crippen molar-refractivity contribution in [1.82, 2.24) is 20.4 Å². The van der Waals surface area contributed by atoms with E-state index >= 15 is 0 Å². The molecule has 0 aliphatic heterocycles. The van der Waals surface area contributed by atoms with Gasteiger partial charge in [-0.15, -0.1) is 0 Å². The number of aliphatic hydroxyl groups excluding tert-OH is 1. The Morgan fingerprint density at radius 1 is 1.09 bits per heavy atom. The van der Waals surface area contributed by atoms with E-state index in [0.29, 0.717) is 24.9 Å². The molecule has 0 saturated carbocycles. The van der Waals surface area contributed by atoms with Crippen molar-refractivity contribution in [3.05, 3.63) is 41.1 Å². The Labute approximate surface area is 200 Å². The number of aromatic nitrogens is 3. The molecule has 0 saturated heterocycles. The van der Waals surface area contributed by atoms with Crippen molar-refractivity contribution in [2.75, 3.05) is 37.7 Å². The number of anilines is 1. The molecule has 0 aliphatic rings. The molecule has 1 amide bonds. The van der Waals surface area contributed by atoms with Gasteiger partial charge in [-0.25, -0.2) is 4.98 Å². The second-order valence-corrected chi connectivity index (χ2v) is 7.94. The topological polar surface area (TPSA) is 114 Å². The maximum absolute atomic E-state index is 11.2. The maximum Gasteiger partial charge on any atom is 0.258 e. The smallest absolute Gasteiger partial charge is 0.258 e. The van der Waals surface area contributed by atoms with E-state index in [1.165, 1.54) is 0 Å². The summed E-state index contributed by atoms with van der Waals surface area (Å²) in [6.07, 6.45) is 0.758. The van der Waals surface area contributed by atoms with E-state index in [4.69, 9.17) is 14.4 Å². The molecule has 2 heterocycles. The summed E-state index contributed by atoms with van der Waals surface area (Å²) >= 11 is 0. The van der Waals surface area contributed by atoms with Crippen molar-refractivity contribution in [2.45, 2.75) is 41.0 Å². The number of nitrogens with zero attached hydrogens (tertiary/aromatic N) is 4. The average molecular weight is 468 g/mol. The Morgan fingerprint density at radius 2 is 1.85 bits per heavy atom. The molecule has 0 atom stereocenters. The molecule has 3 rings (SSSR count). The van der Waals surface area contributed by atoms with Crippen molar-refractivity contribution >= 4 is 11.7 Å². The summed E-state index contributed by atoms with van der Waals surface area (Å²) in [5, 5.41) is 15.6. The Kier molecular flexibility index (Phi) is 8.59. The highest BCUT2D eigenvalue weighted by molar-refractivity contribution is 5.76. The third-order valence-electron chi connectivity index (χ3n) is 5.51. The highest BCUT2D eigenvalue weighted by Gasteiger charge is 2.17. The van der Waals surface area contributed by atoms with E-state index in [0.717, 1.165) is 59.0 Å². The number of nitrogens with one attached hydrogen (secondary N) is 1. The van der Waals surface area contributed by atoms with Gasteiger partial charge in [-0.1, -0.05) is 12.1 Å². The predicted molar refractivity (Wildman–Crippen MR) is 131 cm³/mol. The SMILES string of the molecule is CCc1cc(-c2noc(-c3cc(C)nc(N(CC)CC)c3)n2)cc(C)c1OCCNC(=O)CO. The van der Waals surface area contributed by atoms with Gasteiger partial charge >= 0.3 is 0 Å². The third-order valence-corrected chi connectivity index (χ3v) is 5.51. The molecule has 2 aromatic heterocycles. The minimum absolute atomic E-state index is 0.307. The molecule has 0 aliphatic carbocycles. The number of ether oxygens (including phenoxy) is 1. The predicted octanol–water partition coefficient (Wildman–Crippen LogP) is 3.31. The second kappa shape index (κ2) is 11.6. The van der Waals surface area contributed by atoms with Crippen molar-refractivity contribution < 1.29 is 19.2 Å². The van der Waals surface area contributed by atoms with Gasteiger partial charge in [0.1, 0.15) is 24.8 Å². The van der Waals surface area contributed by atoms with Crippen LogP contribution in [0, 0.1) is 13.8 Å². The zero-order valence-corrected chi connectivity index (χ0v) is 20.5. The summed E-state index contributed by atoms with van der Waals surface area (Å²) in [6, 6.07) is 7.89. The minimum Gasteiger partial charge on any atom is -0.491 e. The summed E-state index contributed by atoms with van der Waals surface area (Å²) in [5.41, 5.74) is 4.53. The van der Waals surface area contributed by atoms with Gasteiger partial charge in [0.2, 0.25) is 11.7 Å². The van der Waals surface area contributed by atoms with Crippen LogP contribution in [0.25, 0.3) is 22.8 Å². The zero-order chi connectivity index (χ0) is 24.7. The van der Waals surface area contributed by atoms with Crippen molar-refractivity contribution in [2.24, 2.45) is 0 Å². The number of benzene rings is 1. The van der Waals surface area contributed by atoms with E-state index in [1.54, 1.807) is 0 Å². The van der Waals surface area contributed by atoms with E-state index in [-0.39, 0.29) is 0 Å². The molecule has 182 valence electrons. The van der Waals surface area contributed by atoms with Gasteiger partial charge in [0, 0.05) is 29.9 Å². The molecular weight excluding hydrogens is 434 g/mol. The van der Waals surface area contributed by atoms with Crippen molar-refractivity contribution in [1.29, 1.82) is 0 Å². The van der Waals surface area contributed by atoms with Gasteiger partial charge in [0.25, 0.3) is 5.89 Å². The molecule has 0 unspecified atom stereocenters. The van der Waals surface area contributed by atoms with Crippen LogP contribution < -0.4 is 15.0 Å². The quantitative estimate of drug-likeness (QED) is 0.413. The van der Waals surface area contributed by atoms with E-state index in [1.807, 2.05) is 38.1 Å². The largest absolute Gasteiger partial charge is 0.491 e. The number of aliphatic hydroxyl groups is 1. The molecule has 9 nitrogen and oxygen atoms in total. The summed E-state index contributed by atoms with van der Waals surface area (Å²) in [7, 11) is 0. The number of rotatable bonds is 11. The number of hydrogen-bond donors (Lipinski definition) is 2. The lowest BCUT2D eigenvalue weighted by Gasteiger charge is -2.20. The van der Waals surface area contributed by atoms with Crippen LogP contribution in [0.15, 0.2) is 28.8 Å². The first kappa shape index (κ1) is 25.2. The summed E-state index contributed by atoms with van der Waals surface area (Å²) in [6.45, 7) is 12.0. The Balaban J connectivity index is 1.84. The van der Waals surface area contributed by atoms with Gasteiger partial charge in [0.05, 0.1) is 6.54 Å². The first-order valence-corrected chi connectivity index (χ1v) is 11.6. The fourth-order valence-corrected chi connectivity index (χ4v) is 3.79. The molecule has 1 aromatic carbocycles.